The minimum Gasteiger partial charge on any atom is -0.367 e. The molecule has 5 bridgehead atoms. The summed E-state index contributed by atoms with van der Waals surface area (Å²) in [6.07, 6.45) is 12.9. The topological polar surface area (TPSA) is 15.6 Å². The summed E-state index contributed by atoms with van der Waals surface area (Å²) in [6.45, 7) is 11.2. The Morgan fingerprint density at radius 1 is 1.39 bits per heavy atom. The third-order valence-electron chi connectivity index (χ3n) is 6.50. The Morgan fingerprint density at radius 3 is 3.00 bits per heavy atom. The minimum atomic E-state index is 0.113. The quantitative estimate of drug-likeness (QED) is 0.677. The van der Waals surface area contributed by atoms with Gasteiger partial charge in [0.2, 0.25) is 0 Å². The molecule has 0 radical (unpaired) electrons. The second-order valence-electron chi connectivity index (χ2n) is 7.99. The number of hydrogen-bond acceptors (Lipinski definition) is 2. The molecule has 0 N–H and O–H groups in total. The smallest absolute Gasteiger partial charge is 0.0570 e. The summed E-state index contributed by atoms with van der Waals surface area (Å²) < 4.78 is 0. The van der Waals surface area contributed by atoms with Crippen LogP contribution in [0.5, 0.6) is 0 Å². The fourth-order valence-corrected chi connectivity index (χ4v) is 5.01. The number of aliphatic imine (C=N–C) groups is 1. The Hall–Kier alpha value is -1.57. The summed E-state index contributed by atoms with van der Waals surface area (Å²) in [5.74, 6) is 0.601. The van der Waals surface area contributed by atoms with E-state index in [-0.39, 0.29) is 5.41 Å². The standard InChI is InChI=1S/C21H28N2/c1-14(2)9-11-23-19-8-7-18-16-6-5-10-22-13-21(18,4)15(3)20(23)12-17(16)19/h5-6,9,13,15,20H,7-8,10-12H2,1-4H3. The summed E-state index contributed by atoms with van der Waals surface area (Å²) in [6, 6.07) is 0.617. The molecule has 2 heterocycles. The van der Waals surface area contributed by atoms with E-state index in [1.165, 1.54) is 24.8 Å². The Kier molecular flexibility index (Phi) is 3.40. The predicted molar refractivity (Wildman–Crippen MR) is 97.6 cm³/mol. The second-order valence-corrected chi connectivity index (χ2v) is 7.99. The summed E-state index contributed by atoms with van der Waals surface area (Å²) in [5.41, 5.74) is 7.99. The van der Waals surface area contributed by atoms with Crippen LogP contribution in [0.15, 0.2) is 51.2 Å². The molecule has 2 aliphatic heterocycles. The van der Waals surface area contributed by atoms with Crippen LogP contribution in [0.1, 0.15) is 47.0 Å². The maximum Gasteiger partial charge on any atom is 0.0570 e. The van der Waals surface area contributed by atoms with Gasteiger partial charge in [-0.1, -0.05) is 43.2 Å². The molecule has 4 aliphatic rings. The van der Waals surface area contributed by atoms with Gasteiger partial charge in [-0.05, 0) is 50.2 Å². The van der Waals surface area contributed by atoms with E-state index in [1.54, 1.807) is 22.4 Å². The van der Waals surface area contributed by atoms with Gasteiger partial charge in [-0.15, -0.1) is 0 Å². The highest BCUT2D eigenvalue weighted by atomic mass is 15.2. The van der Waals surface area contributed by atoms with E-state index in [4.69, 9.17) is 4.99 Å². The first-order valence-corrected chi connectivity index (χ1v) is 9.06. The molecule has 0 amide bonds. The molecule has 3 unspecified atom stereocenters. The molecule has 0 fully saturated rings. The molecule has 23 heavy (non-hydrogen) atoms. The van der Waals surface area contributed by atoms with E-state index in [2.05, 4.69) is 57.0 Å². The van der Waals surface area contributed by atoms with E-state index in [0.29, 0.717) is 12.0 Å². The molecular formula is C21H28N2. The first-order chi connectivity index (χ1) is 11.0. The third kappa shape index (κ3) is 2.10. The SMILES string of the molecule is CC(C)=CCN1C2=C3CC1C(C)C1(C)C=NCC=CC3=C1CC2. The van der Waals surface area contributed by atoms with Gasteiger partial charge in [-0.2, -0.15) is 0 Å². The second kappa shape index (κ2) is 5.22. The van der Waals surface area contributed by atoms with Crippen LogP contribution in [0.2, 0.25) is 0 Å². The average molecular weight is 308 g/mol. The highest BCUT2D eigenvalue weighted by molar-refractivity contribution is 5.75. The number of rotatable bonds is 2. The van der Waals surface area contributed by atoms with Crippen molar-refractivity contribution in [2.75, 3.05) is 13.1 Å². The maximum absolute atomic E-state index is 4.72. The van der Waals surface area contributed by atoms with Gasteiger partial charge in [0.25, 0.3) is 0 Å². The Labute approximate surface area is 140 Å². The van der Waals surface area contributed by atoms with E-state index in [9.17, 15) is 0 Å². The van der Waals surface area contributed by atoms with Crippen molar-refractivity contribution < 1.29 is 0 Å². The Bertz CT molecular complexity index is 685. The summed E-state index contributed by atoms with van der Waals surface area (Å²) in [5, 5.41) is 0. The molecule has 122 valence electrons. The van der Waals surface area contributed by atoms with Crippen molar-refractivity contribution >= 4 is 6.21 Å². The number of likely N-dealkylation sites (tertiary alicyclic amines) is 1. The molecule has 0 aromatic heterocycles. The lowest BCUT2D eigenvalue weighted by atomic mass is 9.66. The van der Waals surface area contributed by atoms with E-state index >= 15 is 0 Å². The molecule has 4 rings (SSSR count). The first-order valence-electron chi connectivity index (χ1n) is 9.06. The van der Waals surface area contributed by atoms with Crippen molar-refractivity contribution in [1.29, 1.82) is 0 Å². The molecule has 0 saturated heterocycles. The minimum absolute atomic E-state index is 0.113. The van der Waals surface area contributed by atoms with Crippen molar-refractivity contribution in [2.24, 2.45) is 16.3 Å². The lowest BCUT2D eigenvalue weighted by molar-refractivity contribution is 0.162. The molecule has 2 heteroatoms. The average Bonchev–Trinajstić information content (AvgIpc) is 2.85. The molecule has 2 aliphatic carbocycles. The number of nitrogens with zero attached hydrogens (tertiary/aromatic N) is 2. The van der Waals surface area contributed by atoms with Crippen molar-refractivity contribution in [3.8, 4) is 0 Å². The zero-order valence-electron chi connectivity index (χ0n) is 14.9. The van der Waals surface area contributed by atoms with Gasteiger partial charge in [0.05, 0.1) is 6.54 Å². The Morgan fingerprint density at radius 2 is 2.22 bits per heavy atom. The summed E-state index contributed by atoms with van der Waals surface area (Å²) >= 11 is 0. The lowest BCUT2D eigenvalue weighted by Crippen LogP contribution is -2.46. The zero-order chi connectivity index (χ0) is 16.2. The van der Waals surface area contributed by atoms with Gasteiger partial charge in [-0.25, -0.2) is 0 Å². The molecule has 0 saturated carbocycles. The fourth-order valence-electron chi connectivity index (χ4n) is 5.01. The number of hydrogen-bond donors (Lipinski definition) is 0. The van der Waals surface area contributed by atoms with Crippen LogP contribution in [0, 0.1) is 11.3 Å². The van der Waals surface area contributed by atoms with Gasteiger partial charge in [0.15, 0.2) is 0 Å². The summed E-state index contributed by atoms with van der Waals surface area (Å²) in [7, 11) is 0. The molecule has 0 aromatic carbocycles. The van der Waals surface area contributed by atoms with Crippen molar-refractivity contribution in [1.82, 2.24) is 4.90 Å². The molecule has 0 aromatic rings. The first kappa shape index (κ1) is 15.0. The van der Waals surface area contributed by atoms with Crippen LogP contribution in [0.3, 0.4) is 0 Å². The van der Waals surface area contributed by atoms with Gasteiger partial charge in [0, 0.05) is 29.9 Å². The lowest BCUT2D eigenvalue weighted by Gasteiger charge is -2.46. The molecule has 0 spiro atoms. The fraction of sp³-hybridized carbons (Fsp3) is 0.571. The van der Waals surface area contributed by atoms with Crippen LogP contribution >= 0.6 is 0 Å². The molecule has 3 atom stereocenters. The van der Waals surface area contributed by atoms with Crippen molar-refractivity contribution in [2.45, 2.75) is 53.0 Å². The van der Waals surface area contributed by atoms with Gasteiger partial charge in [-0.3, -0.25) is 4.99 Å². The van der Waals surface area contributed by atoms with E-state index in [1.807, 2.05) is 0 Å². The van der Waals surface area contributed by atoms with Gasteiger partial charge < -0.3 is 4.90 Å². The largest absolute Gasteiger partial charge is 0.367 e. The van der Waals surface area contributed by atoms with Crippen LogP contribution in [0.25, 0.3) is 0 Å². The number of allylic oxidation sites excluding steroid dienone is 5. The van der Waals surface area contributed by atoms with Crippen molar-refractivity contribution in [3.63, 3.8) is 0 Å². The van der Waals surface area contributed by atoms with Gasteiger partial charge >= 0.3 is 0 Å². The maximum atomic E-state index is 4.72. The number of fused-ring (bicyclic) bond motifs is 1. The van der Waals surface area contributed by atoms with Gasteiger partial charge in [0.1, 0.15) is 0 Å². The highest BCUT2D eigenvalue weighted by Gasteiger charge is 2.50. The summed E-state index contributed by atoms with van der Waals surface area (Å²) in [4.78, 5) is 7.43. The van der Waals surface area contributed by atoms with Crippen molar-refractivity contribution in [3.05, 3.63) is 46.2 Å². The predicted octanol–water partition coefficient (Wildman–Crippen LogP) is 4.67. The van der Waals surface area contributed by atoms with Crippen LogP contribution < -0.4 is 0 Å². The zero-order valence-corrected chi connectivity index (χ0v) is 14.9. The normalized spacial score (nSPS) is 34.7. The van der Waals surface area contributed by atoms with Crippen LogP contribution in [0.4, 0.5) is 0 Å². The Balaban J connectivity index is 1.89. The monoisotopic (exact) mass is 308 g/mol. The van der Waals surface area contributed by atoms with Crippen LogP contribution in [-0.4, -0.2) is 30.2 Å². The molecular weight excluding hydrogens is 280 g/mol. The molecule has 2 nitrogen and oxygen atoms in total. The highest BCUT2D eigenvalue weighted by Crippen LogP contribution is 2.56. The van der Waals surface area contributed by atoms with E-state index < -0.39 is 0 Å². The van der Waals surface area contributed by atoms with Crippen LogP contribution in [-0.2, 0) is 0 Å². The van der Waals surface area contributed by atoms with E-state index in [0.717, 1.165) is 13.1 Å². The third-order valence-corrected chi connectivity index (χ3v) is 6.50.